The van der Waals surface area contributed by atoms with Crippen LogP contribution in [0.25, 0.3) is 10.9 Å². The number of piperidine rings is 2. The van der Waals surface area contributed by atoms with Gasteiger partial charge in [-0.15, -0.1) is 0 Å². The number of pyridine rings is 1. The number of benzene rings is 2. The molecule has 66 heavy (non-hydrogen) atoms. The molecular formula is C47H55ClN10O8. The smallest absolute Gasteiger partial charge is 0.293 e. The average molecular weight is 923 g/mol. The van der Waals surface area contributed by atoms with E-state index in [1.54, 1.807) is 29.0 Å². The number of piperazine rings is 1. The first-order chi connectivity index (χ1) is 31.7. The first-order valence-corrected chi connectivity index (χ1v) is 23.2. The summed E-state index contributed by atoms with van der Waals surface area (Å²) >= 11 is 6.61. The number of imide groups is 2. The van der Waals surface area contributed by atoms with Gasteiger partial charge in [-0.25, -0.2) is 4.98 Å². The maximum atomic E-state index is 13.5. The van der Waals surface area contributed by atoms with E-state index in [1.807, 2.05) is 38.1 Å². The van der Waals surface area contributed by atoms with E-state index in [0.29, 0.717) is 34.1 Å². The Hall–Kier alpha value is -6.11. The van der Waals surface area contributed by atoms with E-state index in [2.05, 4.69) is 49.5 Å². The molecule has 3 saturated heterocycles. The number of nitrogens with zero attached hydrogens (tertiary/aromatic N) is 7. The van der Waals surface area contributed by atoms with Crippen molar-refractivity contribution in [1.82, 2.24) is 35.0 Å². The van der Waals surface area contributed by atoms with E-state index in [9.17, 15) is 28.8 Å². The fourth-order valence-corrected chi connectivity index (χ4v) is 10.4. The van der Waals surface area contributed by atoms with Crippen LogP contribution < -0.4 is 36.0 Å². The summed E-state index contributed by atoms with van der Waals surface area (Å²) in [6.07, 6.45) is 5.73. The van der Waals surface area contributed by atoms with E-state index in [0.717, 1.165) is 73.4 Å². The van der Waals surface area contributed by atoms with E-state index in [-0.39, 0.29) is 72.6 Å². The third kappa shape index (κ3) is 8.68. The zero-order valence-electron chi connectivity index (χ0n) is 37.7. The number of hydrogen-bond acceptors (Lipinski definition) is 14. The third-order valence-electron chi connectivity index (χ3n) is 13.5. The summed E-state index contributed by atoms with van der Waals surface area (Å²) in [5.41, 5.74) is 2.55. The highest BCUT2D eigenvalue weighted by atomic mass is 35.5. The number of nitrogens with one attached hydrogen (secondary N) is 3. The number of ether oxygens (including phenoxy) is 2. The Labute approximate surface area is 386 Å². The van der Waals surface area contributed by atoms with Crippen molar-refractivity contribution >= 4 is 75.2 Å². The van der Waals surface area contributed by atoms with E-state index < -0.39 is 29.7 Å². The second kappa shape index (κ2) is 18.3. The summed E-state index contributed by atoms with van der Waals surface area (Å²) in [5.74, 6) is -1.25. The highest BCUT2D eigenvalue weighted by molar-refractivity contribution is 6.33. The molecule has 0 bridgehead atoms. The van der Waals surface area contributed by atoms with Crippen LogP contribution in [0.4, 0.5) is 23.1 Å². The SMILES string of the molecule is CNC(=O)COc1cc2cc(Nc3nc(N4CCC(O[C@H]5C[C@H](N6[C@@H](C)CN(c7ccc8c(c7)C(=O)N(C7CCC(=O)NC7=O)C8=O)C[C@@H]6C)C5)CC4)ncc3Cl)ccc2n(C(C)C)c1=O. The second-order valence-corrected chi connectivity index (χ2v) is 18.7. The predicted molar refractivity (Wildman–Crippen MR) is 248 cm³/mol. The summed E-state index contributed by atoms with van der Waals surface area (Å²) in [5, 5.41) is 9.19. The Morgan fingerprint density at radius 2 is 1.64 bits per heavy atom. The average Bonchev–Trinajstić information content (AvgIpc) is 3.52. The highest BCUT2D eigenvalue weighted by Crippen LogP contribution is 2.38. The molecule has 19 heteroatoms. The summed E-state index contributed by atoms with van der Waals surface area (Å²) < 4.78 is 13.9. The highest BCUT2D eigenvalue weighted by Gasteiger charge is 2.46. The third-order valence-corrected chi connectivity index (χ3v) is 13.8. The van der Waals surface area contributed by atoms with Crippen molar-refractivity contribution in [3.8, 4) is 5.75 Å². The first kappa shape index (κ1) is 45.1. The minimum atomic E-state index is -0.993. The molecule has 18 nitrogen and oxygen atoms in total. The monoisotopic (exact) mass is 922 g/mol. The summed E-state index contributed by atoms with van der Waals surface area (Å²) in [4.78, 5) is 93.5. The van der Waals surface area contributed by atoms with Crippen LogP contribution in [0.3, 0.4) is 0 Å². The van der Waals surface area contributed by atoms with Gasteiger partial charge in [0.2, 0.25) is 17.8 Å². The van der Waals surface area contributed by atoms with Crippen molar-refractivity contribution in [3.63, 3.8) is 0 Å². The number of carbonyl (C=O) groups excluding carboxylic acids is 5. The fraction of sp³-hybridized carbons (Fsp3) is 0.489. The maximum Gasteiger partial charge on any atom is 0.293 e. The van der Waals surface area contributed by atoms with Crippen LogP contribution in [-0.4, -0.2) is 130 Å². The lowest BCUT2D eigenvalue weighted by Crippen LogP contribution is -2.63. The molecule has 5 amide bonds. The van der Waals surface area contributed by atoms with Gasteiger partial charge >= 0.3 is 0 Å². The Bertz CT molecular complexity index is 2650. The molecule has 2 aromatic heterocycles. The van der Waals surface area contributed by atoms with Crippen molar-refractivity contribution in [2.45, 2.75) is 109 Å². The minimum absolute atomic E-state index is 0.0795. The molecule has 1 unspecified atom stereocenters. The van der Waals surface area contributed by atoms with Gasteiger partial charge in [0, 0.05) is 80.6 Å². The zero-order valence-corrected chi connectivity index (χ0v) is 38.5. The number of carbonyl (C=O) groups is 5. The number of amides is 5. The molecule has 3 N–H and O–H groups in total. The molecular weight excluding hydrogens is 868 g/mol. The van der Waals surface area contributed by atoms with Crippen molar-refractivity contribution < 1.29 is 33.4 Å². The molecule has 9 rings (SSSR count). The van der Waals surface area contributed by atoms with Gasteiger partial charge in [0.1, 0.15) is 11.1 Å². The standard InChI is InChI=1S/C47H55ClN10O8/c1-25(2)56-37-9-6-29(16-28(37)17-39(46(56)64)65-24-41(60)49-5)51-42-36(48)21-50-47(53-42)54-14-12-32(13-15-54)66-33-18-31(19-33)57-26(3)22-55(23-27(57)4)30-7-8-34-35(20-30)45(63)58(44(34)62)38-10-11-40(59)52-43(38)61/h6-9,16-17,20-21,25-27,31-33,38H,10-15,18-19,22-24H2,1-5H3,(H,49,60)(H,50,51,53)(H,52,59,61)/t26-,27-,31-,33-,38?/m0/s1. The molecule has 0 spiro atoms. The van der Waals surface area contributed by atoms with Gasteiger partial charge < -0.3 is 34.5 Å². The predicted octanol–water partition coefficient (Wildman–Crippen LogP) is 4.41. The topological polar surface area (TPSA) is 201 Å². The number of anilines is 4. The summed E-state index contributed by atoms with van der Waals surface area (Å²) in [7, 11) is 1.51. The lowest BCUT2D eigenvalue weighted by Gasteiger charge is -2.53. The quantitative estimate of drug-likeness (QED) is 0.169. The molecule has 6 heterocycles. The van der Waals surface area contributed by atoms with Gasteiger partial charge in [0.25, 0.3) is 23.3 Å². The second-order valence-electron chi connectivity index (χ2n) is 18.3. The Kier molecular flexibility index (Phi) is 12.5. The molecule has 348 valence electrons. The molecule has 0 radical (unpaired) electrons. The van der Waals surface area contributed by atoms with Gasteiger partial charge in [0.15, 0.2) is 18.2 Å². The van der Waals surface area contributed by atoms with Gasteiger partial charge in [-0.05, 0) is 102 Å². The van der Waals surface area contributed by atoms with Crippen LogP contribution >= 0.6 is 11.6 Å². The number of aromatic nitrogens is 3. The van der Waals surface area contributed by atoms with Crippen LogP contribution in [0.1, 0.15) is 93.0 Å². The number of fused-ring (bicyclic) bond motifs is 2. The molecule has 3 atom stereocenters. The molecule has 2 aromatic carbocycles. The van der Waals surface area contributed by atoms with Gasteiger partial charge in [-0.3, -0.25) is 43.9 Å². The largest absolute Gasteiger partial charge is 0.478 e. The van der Waals surface area contributed by atoms with Crippen molar-refractivity contribution in [2.24, 2.45) is 0 Å². The van der Waals surface area contributed by atoms with Gasteiger partial charge in [-0.2, -0.15) is 4.98 Å². The first-order valence-electron chi connectivity index (χ1n) is 22.8. The van der Waals surface area contributed by atoms with Crippen molar-refractivity contribution in [2.75, 3.05) is 55.0 Å². The van der Waals surface area contributed by atoms with Crippen molar-refractivity contribution in [1.29, 1.82) is 0 Å². The van der Waals surface area contributed by atoms with Crippen LogP contribution in [-0.2, 0) is 19.1 Å². The number of likely N-dealkylation sites (N-methyl/N-ethyl adjacent to an activating group) is 1. The number of rotatable bonds is 12. The molecule has 4 aliphatic heterocycles. The van der Waals surface area contributed by atoms with Gasteiger partial charge in [0.05, 0.1) is 35.0 Å². The molecule has 4 aromatic rings. The van der Waals surface area contributed by atoms with Crippen molar-refractivity contribution in [3.05, 3.63) is 75.2 Å². The normalized spacial score (nSPS) is 23.9. The van der Waals surface area contributed by atoms with E-state index in [1.165, 1.54) is 7.05 Å². The Morgan fingerprint density at radius 1 is 0.909 bits per heavy atom. The number of halogens is 1. The zero-order chi connectivity index (χ0) is 46.6. The van der Waals surface area contributed by atoms with Crippen LogP contribution in [0, 0.1) is 0 Å². The molecule has 4 fully saturated rings. The summed E-state index contributed by atoms with van der Waals surface area (Å²) in [6.45, 7) is 11.0. The van der Waals surface area contributed by atoms with Crippen LogP contribution in [0.5, 0.6) is 5.75 Å². The number of hydrogen-bond donors (Lipinski definition) is 3. The van der Waals surface area contributed by atoms with Crippen LogP contribution in [0.15, 0.2) is 53.5 Å². The van der Waals surface area contributed by atoms with Gasteiger partial charge in [-0.1, -0.05) is 11.6 Å². The Balaban J connectivity index is 0.767. The fourth-order valence-electron chi connectivity index (χ4n) is 10.2. The summed E-state index contributed by atoms with van der Waals surface area (Å²) in [6, 6.07) is 12.3. The minimum Gasteiger partial charge on any atom is -0.478 e. The molecule has 1 saturated carbocycles. The lowest BCUT2D eigenvalue weighted by molar-refractivity contribution is -0.136. The Morgan fingerprint density at radius 3 is 2.33 bits per heavy atom. The van der Waals surface area contributed by atoms with E-state index >= 15 is 0 Å². The molecule has 5 aliphatic rings. The van der Waals surface area contributed by atoms with Crippen LogP contribution in [0.2, 0.25) is 5.02 Å². The van der Waals surface area contributed by atoms with E-state index in [4.69, 9.17) is 26.1 Å². The lowest BCUT2D eigenvalue weighted by atomic mass is 9.84. The maximum absolute atomic E-state index is 13.5. The molecule has 1 aliphatic carbocycles.